The number of carboxylic acids is 1. The number of hydrogen-bond acceptors (Lipinski definition) is 6. The average Bonchev–Trinajstić information content (AvgIpc) is 3.43. The van der Waals surface area contributed by atoms with Crippen LogP contribution in [0.3, 0.4) is 0 Å². The number of nitrogens with two attached hydrogens (primary N) is 1. The number of aromatic amines is 1. The highest BCUT2D eigenvalue weighted by molar-refractivity contribution is 5.73. The lowest BCUT2D eigenvalue weighted by Crippen LogP contribution is -2.21. The van der Waals surface area contributed by atoms with Gasteiger partial charge in [-0.3, -0.25) is 4.57 Å². The standard InChI is InChI=1S/C20H18F2N4O3.C2HF3O2/c21-19(22)14(9-23)8-18-24-25-20(27)26(18)10-13-3-1-2-4-15(13)12-5-6-16-17(7-12)29-11-28-16;3-2(4,5)1(6)7/h1-7H,8-11,23H2,(H,25,27);(H,6,7). The molecule has 2 aromatic carbocycles. The Labute approximate surface area is 199 Å². The van der Waals surface area contributed by atoms with Gasteiger partial charge in [0.15, 0.2) is 11.5 Å². The van der Waals surface area contributed by atoms with E-state index >= 15 is 0 Å². The maximum absolute atomic E-state index is 13.0. The van der Waals surface area contributed by atoms with Crippen molar-refractivity contribution in [2.24, 2.45) is 5.73 Å². The molecule has 4 N–H and O–H groups in total. The molecule has 0 saturated carbocycles. The van der Waals surface area contributed by atoms with Crippen LogP contribution in [0.1, 0.15) is 11.4 Å². The van der Waals surface area contributed by atoms with Gasteiger partial charge in [0.2, 0.25) is 6.79 Å². The molecule has 0 spiro atoms. The Bertz CT molecular complexity index is 1330. The second-order valence-corrected chi connectivity index (χ2v) is 7.30. The van der Waals surface area contributed by atoms with Crippen LogP contribution in [0.4, 0.5) is 22.0 Å². The summed E-state index contributed by atoms with van der Waals surface area (Å²) in [5, 5.41) is 13.4. The maximum atomic E-state index is 13.0. The number of carboxylic acid groups (broad SMARTS) is 1. The molecular weight excluding hydrogens is 495 g/mol. The Morgan fingerprint density at radius 2 is 1.81 bits per heavy atom. The highest BCUT2D eigenvalue weighted by atomic mass is 19.4. The lowest BCUT2D eigenvalue weighted by molar-refractivity contribution is -0.192. The van der Waals surface area contributed by atoms with Gasteiger partial charge in [-0.25, -0.2) is 14.7 Å². The van der Waals surface area contributed by atoms with E-state index in [1.165, 1.54) is 4.57 Å². The molecule has 0 atom stereocenters. The van der Waals surface area contributed by atoms with Gasteiger partial charge in [-0.05, 0) is 28.8 Å². The summed E-state index contributed by atoms with van der Waals surface area (Å²) in [6, 6.07) is 13.1. The summed E-state index contributed by atoms with van der Waals surface area (Å²) in [5.74, 6) is -1.24. The molecule has 0 fully saturated rings. The Morgan fingerprint density at radius 1 is 1.14 bits per heavy atom. The van der Waals surface area contributed by atoms with E-state index in [9.17, 15) is 26.7 Å². The third-order valence-corrected chi connectivity index (χ3v) is 4.99. The van der Waals surface area contributed by atoms with Gasteiger partial charge in [0.1, 0.15) is 5.82 Å². The van der Waals surface area contributed by atoms with Crippen LogP contribution in [0.25, 0.3) is 11.1 Å². The Hall–Kier alpha value is -4.20. The summed E-state index contributed by atoms with van der Waals surface area (Å²) in [6.07, 6.45) is -7.14. The van der Waals surface area contributed by atoms with Crippen LogP contribution in [0.5, 0.6) is 11.5 Å². The van der Waals surface area contributed by atoms with Crippen molar-refractivity contribution in [1.29, 1.82) is 0 Å². The molecule has 14 heteroatoms. The normalized spacial score (nSPS) is 12.1. The summed E-state index contributed by atoms with van der Waals surface area (Å²) < 4.78 is 69.9. The number of alkyl halides is 3. The lowest BCUT2D eigenvalue weighted by Gasteiger charge is -2.12. The van der Waals surface area contributed by atoms with Gasteiger partial charge in [-0.1, -0.05) is 30.3 Å². The molecule has 1 aliphatic rings. The first-order valence-corrected chi connectivity index (χ1v) is 10.2. The van der Waals surface area contributed by atoms with Crippen LogP contribution < -0.4 is 20.9 Å². The number of nitrogens with zero attached hydrogens (tertiary/aromatic N) is 2. The fourth-order valence-electron chi connectivity index (χ4n) is 3.23. The number of halogens is 5. The topological polar surface area (TPSA) is 132 Å². The highest BCUT2D eigenvalue weighted by Crippen LogP contribution is 2.37. The number of rotatable bonds is 6. The molecule has 3 aromatic rings. The molecule has 0 unspecified atom stereocenters. The zero-order chi connectivity index (χ0) is 26.5. The SMILES string of the molecule is NCC(Cc1n[nH]c(=O)n1Cc1ccccc1-c1ccc2c(c1)OCO2)=C(F)F.O=C(O)C(F)(F)F. The van der Waals surface area contributed by atoms with Crippen molar-refractivity contribution in [3.63, 3.8) is 0 Å². The second-order valence-electron chi connectivity index (χ2n) is 7.30. The predicted molar refractivity (Wildman–Crippen MR) is 116 cm³/mol. The van der Waals surface area contributed by atoms with Crippen molar-refractivity contribution in [2.45, 2.75) is 19.1 Å². The third kappa shape index (κ3) is 6.27. The van der Waals surface area contributed by atoms with Crippen LogP contribution in [-0.4, -0.2) is 45.4 Å². The number of aliphatic carboxylic acids is 1. The van der Waals surface area contributed by atoms with Crippen molar-refractivity contribution in [2.75, 3.05) is 13.3 Å². The number of ether oxygens (including phenoxy) is 2. The molecule has 36 heavy (non-hydrogen) atoms. The minimum Gasteiger partial charge on any atom is -0.475 e. The van der Waals surface area contributed by atoms with Gasteiger partial charge in [-0.2, -0.15) is 27.1 Å². The molecule has 0 aliphatic carbocycles. The highest BCUT2D eigenvalue weighted by Gasteiger charge is 2.38. The summed E-state index contributed by atoms with van der Waals surface area (Å²) in [4.78, 5) is 21.2. The molecule has 9 nitrogen and oxygen atoms in total. The monoisotopic (exact) mass is 514 g/mol. The summed E-state index contributed by atoms with van der Waals surface area (Å²) >= 11 is 0. The van der Waals surface area contributed by atoms with Gasteiger partial charge >= 0.3 is 17.8 Å². The van der Waals surface area contributed by atoms with Crippen molar-refractivity contribution in [3.05, 3.63) is 76.0 Å². The van der Waals surface area contributed by atoms with Gasteiger partial charge in [0.05, 0.1) is 6.54 Å². The summed E-state index contributed by atoms with van der Waals surface area (Å²) in [5.41, 5.74) is 7.26. The van der Waals surface area contributed by atoms with Crippen molar-refractivity contribution >= 4 is 5.97 Å². The van der Waals surface area contributed by atoms with E-state index in [0.29, 0.717) is 11.5 Å². The van der Waals surface area contributed by atoms with Crippen LogP contribution in [0.2, 0.25) is 0 Å². The smallest absolute Gasteiger partial charge is 0.475 e. The molecule has 0 saturated heterocycles. The number of H-pyrrole nitrogens is 1. The van der Waals surface area contributed by atoms with Gasteiger partial charge in [0, 0.05) is 18.5 Å². The number of hydrogen-bond donors (Lipinski definition) is 3. The minimum absolute atomic E-state index is 0.168. The molecule has 0 radical (unpaired) electrons. The Morgan fingerprint density at radius 3 is 2.44 bits per heavy atom. The zero-order valence-electron chi connectivity index (χ0n) is 18.3. The molecule has 0 bridgehead atoms. The van der Waals surface area contributed by atoms with Crippen molar-refractivity contribution < 1.29 is 41.3 Å². The lowest BCUT2D eigenvalue weighted by atomic mass is 9.99. The van der Waals surface area contributed by atoms with Gasteiger partial charge in [0.25, 0.3) is 6.08 Å². The quantitative estimate of drug-likeness (QED) is 0.430. The van der Waals surface area contributed by atoms with E-state index in [1.54, 1.807) is 0 Å². The Kier molecular flexibility index (Phi) is 8.09. The first-order chi connectivity index (χ1) is 17.0. The molecular formula is C22H19F5N4O5. The number of nitrogens with one attached hydrogen (secondary N) is 1. The third-order valence-electron chi connectivity index (χ3n) is 4.99. The molecule has 192 valence electrons. The summed E-state index contributed by atoms with van der Waals surface area (Å²) in [6.45, 7) is 0.0362. The number of aromatic nitrogens is 3. The van der Waals surface area contributed by atoms with E-state index in [0.717, 1.165) is 16.7 Å². The van der Waals surface area contributed by atoms with Crippen LogP contribution in [0.15, 0.2) is 58.9 Å². The predicted octanol–water partition coefficient (Wildman–Crippen LogP) is 3.30. The van der Waals surface area contributed by atoms with E-state index in [4.69, 9.17) is 25.1 Å². The first kappa shape index (κ1) is 26.4. The Balaban J connectivity index is 0.000000454. The fraction of sp³-hybridized carbons (Fsp3) is 0.227. The van der Waals surface area contributed by atoms with Crippen molar-refractivity contribution in [1.82, 2.24) is 14.8 Å². The molecule has 0 amide bonds. The van der Waals surface area contributed by atoms with Crippen LogP contribution in [-0.2, 0) is 17.8 Å². The van der Waals surface area contributed by atoms with E-state index < -0.39 is 23.9 Å². The van der Waals surface area contributed by atoms with E-state index in [-0.39, 0.29) is 37.7 Å². The number of carbonyl (C=O) groups is 1. The molecule has 1 aliphatic heterocycles. The maximum Gasteiger partial charge on any atom is 0.490 e. The average molecular weight is 514 g/mol. The van der Waals surface area contributed by atoms with Crippen LogP contribution in [0, 0.1) is 0 Å². The molecule has 2 heterocycles. The van der Waals surface area contributed by atoms with Crippen molar-refractivity contribution in [3.8, 4) is 22.6 Å². The van der Waals surface area contributed by atoms with Gasteiger partial charge < -0.3 is 20.3 Å². The fourth-order valence-corrected chi connectivity index (χ4v) is 3.23. The van der Waals surface area contributed by atoms with E-state index in [2.05, 4.69) is 10.2 Å². The molecule has 1 aromatic heterocycles. The minimum atomic E-state index is -5.08. The van der Waals surface area contributed by atoms with Gasteiger partial charge in [-0.15, -0.1) is 0 Å². The molecule has 4 rings (SSSR count). The number of benzene rings is 2. The van der Waals surface area contributed by atoms with E-state index in [1.807, 2.05) is 42.5 Å². The number of fused-ring (bicyclic) bond motifs is 1. The largest absolute Gasteiger partial charge is 0.490 e. The first-order valence-electron chi connectivity index (χ1n) is 10.2. The zero-order valence-corrected chi connectivity index (χ0v) is 18.3. The van der Waals surface area contributed by atoms with Crippen LogP contribution >= 0.6 is 0 Å². The summed E-state index contributed by atoms with van der Waals surface area (Å²) in [7, 11) is 0. The second kappa shape index (κ2) is 11.0.